The molecule has 2 aromatic rings. The molecule has 6 nitrogen and oxygen atoms in total. The summed E-state index contributed by atoms with van der Waals surface area (Å²) in [5.74, 6) is -0.402. The van der Waals surface area contributed by atoms with E-state index in [1.807, 2.05) is 6.92 Å². The number of anilines is 1. The Labute approximate surface area is 121 Å². The minimum absolute atomic E-state index is 0.159. The van der Waals surface area contributed by atoms with Crippen LogP contribution in [-0.4, -0.2) is 31.2 Å². The van der Waals surface area contributed by atoms with Crippen LogP contribution in [-0.2, 0) is 9.84 Å². The SMILES string of the molecule is CCNc1ncc(F)c(Oc2ccc(S(C)(=O)=O)cc2)n1. The van der Waals surface area contributed by atoms with Crippen LogP contribution < -0.4 is 10.1 Å². The molecule has 0 saturated carbocycles. The number of nitrogens with one attached hydrogen (secondary N) is 1. The Morgan fingerprint density at radius 2 is 1.95 bits per heavy atom. The molecule has 0 fully saturated rings. The first-order valence-electron chi connectivity index (χ1n) is 6.14. The molecule has 0 aliphatic rings. The maximum atomic E-state index is 13.6. The van der Waals surface area contributed by atoms with Crippen molar-refractivity contribution in [2.75, 3.05) is 18.1 Å². The number of nitrogens with zero attached hydrogens (tertiary/aromatic N) is 2. The highest BCUT2D eigenvalue weighted by molar-refractivity contribution is 7.90. The third-order valence-electron chi connectivity index (χ3n) is 2.51. The first-order valence-corrected chi connectivity index (χ1v) is 8.03. The van der Waals surface area contributed by atoms with Crippen LogP contribution in [0.2, 0.25) is 0 Å². The number of benzene rings is 1. The van der Waals surface area contributed by atoms with Crippen LogP contribution in [0.4, 0.5) is 10.3 Å². The molecule has 0 aliphatic carbocycles. The Morgan fingerprint density at radius 3 is 2.52 bits per heavy atom. The van der Waals surface area contributed by atoms with Crippen LogP contribution in [0.25, 0.3) is 0 Å². The average Bonchev–Trinajstić information content (AvgIpc) is 2.42. The first kappa shape index (κ1) is 15.2. The van der Waals surface area contributed by atoms with Gasteiger partial charge in [0.1, 0.15) is 5.75 Å². The van der Waals surface area contributed by atoms with E-state index >= 15 is 0 Å². The van der Waals surface area contributed by atoms with E-state index in [1.165, 1.54) is 24.3 Å². The third-order valence-corrected chi connectivity index (χ3v) is 3.64. The molecule has 0 amide bonds. The highest BCUT2D eigenvalue weighted by Gasteiger charge is 2.11. The van der Waals surface area contributed by atoms with Crippen LogP contribution in [0.3, 0.4) is 0 Å². The van der Waals surface area contributed by atoms with Crippen LogP contribution in [0.15, 0.2) is 35.4 Å². The van der Waals surface area contributed by atoms with Crippen molar-refractivity contribution < 1.29 is 17.5 Å². The summed E-state index contributed by atoms with van der Waals surface area (Å²) in [6.07, 6.45) is 2.11. The zero-order valence-corrected chi connectivity index (χ0v) is 12.3. The molecule has 1 aromatic carbocycles. The van der Waals surface area contributed by atoms with Gasteiger partial charge in [0.05, 0.1) is 11.1 Å². The summed E-state index contributed by atoms with van der Waals surface area (Å²) in [7, 11) is -3.28. The van der Waals surface area contributed by atoms with E-state index in [4.69, 9.17) is 4.74 Å². The monoisotopic (exact) mass is 311 g/mol. The van der Waals surface area contributed by atoms with Crippen molar-refractivity contribution in [3.63, 3.8) is 0 Å². The normalized spacial score (nSPS) is 11.2. The van der Waals surface area contributed by atoms with E-state index in [2.05, 4.69) is 15.3 Å². The van der Waals surface area contributed by atoms with Gasteiger partial charge < -0.3 is 10.1 Å². The summed E-state index contributed by atoms with van der Waals surface area (Å²) in [5, 5.41) is 2.84. The van der Waals surface area contributed by atoms with E-state index in [-0.39, 0.29) is 22.5 Å². The number of hydrogen-bond donors (Lipinski definition) is 1. The van der Waals surface area contributed by atoms with Gasteiger partial charge in [0.15, 0.2) is 9.84 Å². The van der Waals surface area contributed by atoms with E-state index in [0.29, 0.717) is 6.54 Å². The summed E-state index contributed by atoms with van der Waals surface area (Å²) in [6, 6.07) is 5.64. The third kappa shape index (κ3) is 3.88. The summed E-state index contributed by atoms with van der Waals surface area (Å²) < 4.78 is 41.6. The quantitative estimate of drug-likeness (QED) is 0.912. The largest absolute Gasteiger partial charge is 0.436 e. The molecular formula is C13H14FN3O3S. The molecule has 0 bridgehead atoms. The van der Waals surface area contributed by atoms with Gasteiger partial charge in [0.2, 0.25) is 11.8 Å². The van der Waals surface area contributed by atoms with Gasteiger partial charge in [-0.3, -0.25) is 0 Å². The fourth-order valence-corrected chi connectivity index (χ4v) is 2.16. The van der Waals surface area contributed by atoms with Crippen LogP contribution >= 0.6 is 0 Å². The van der Waals surface area contributed by atoms with Crippen molar-refractivity contribution in [2.24, 2.45) is 0 Å². The zero-order valence-electron chi connectivity index (χ0n) is 11.5. The van der Waals surface area contributed by atoms with Gasteiger partial charge in [0, 0.05) is 12.8 Å². The lowest BCUT2D eigenvalue weighted by molar-refractivity contribution is 0.420. The maximum Gasteiger partial charge on any atom is 0.260 e. The Bertz CT molecular complexity index is 733. The molecule has 1 aromatic heterocycles. The number of rotatable bonds is 5. The molecule has 1 N–H and O–H groups in total. The second-order valence-electron chi connectivity index (χ2n) is 4.22. The van der Waals surface area contributed by atoms with Crippen molar-refractivity contribution in [3.05, 3.63) is 36.3 Å². The van der Waals surface area contributed by atoms with Crippen molar-refractivity contribution in [1.29, 1.82) is 0 Å². The van der Waals surface area contributed by atoms with Crippen LogP contribution in [0.5, 0.6) is 11.6 Å². The topological polar surface area (TPSA) is 81.2 Å². The van der Waals surface area contributed by atoms with Gasteiger partial charge in [-0.15, -0.1) is 0 Å². The lowest BCUT2D eigenvalue weighted by atomic mass is 10.3. The van der Waals surface area contributed by atoms with Gasteiger partial charge in [0.25, 0.3) is 5.88 Å². The predicted molar refractivity (Wildman–Crippen MR) is 75.8 cm³/mol. The molecule has 112 valence electrons. The van der Waals surface area contributed by atoms with E-state index < -0.39 is 15.7 Å². The highest BCUT2D eigenvalue weighted by Crippen LogP contribution is 2.24. The molecule has 0 saturated heterocycles. The summed E-state index contributed by atoms with van der Waals surface area (Å²) in [6.45, 7) is 2.45. The molecule has 0 radical (unpaired) electrons. The van der Waals surface area contributed by atoms with Gasteiger partial charge in [-0.05, 0) is 31.2 Å². The fraction of sp³-hybridized carbons (Fsp3) is 0.231. The zero-order chi connectivity index (χ0) is 15.5. The van der Waals surface area contributed by atoms with Crippen molar-refractivity contribution >= 4 is 15.8 Å². The first-order chi connectivity index (χ1) is 9.90. The standard InChI is InChI=1S/C13H14FN3O3S/c1-3-15-13-16-8-11(14)12(17-13)20-9-4-6-10(7-5-9)21(2,18)19/h4-8H,3H2,1-2H3,(H,15,16,17). The molecule has 2 rings (SSSR count). The molecule has 0 atom stereocenters. The lowest BCUT2D eigenvalue weighted by Crippen LogP contribution is -2.04. The number of ether oxygens (including phenoxy) is 1. The maximum absolute atomic E-state index is 13.6. The second kappa shape index (κ2) is 6.04. The molecule has 8 heteroatoms. The van der Waals surface area contributed by atoms with Gasteiger partial charge in [-0.2, -0.15) is 9.37 Å². The smallest absolute Gasteiger partial charge is 0.260 e. The number of sulfone groups is 1. The number of hydrogen-bond acceptors (Lipinski definition) is 6. The number of aromatic nitrogens is 2. The van der Waals surface area contributed by atoms with Crippen LogP contribution in [0, 0.1) is 5.82 Å². The van der Waals surface area contributed by atoms with Gasteiger partial charge in [-0.1, -0.05) is 0 Å². The van der Waals surface area contributed by atoms with Crippen molar-refractivity contribution in [3.8, 4) is 11.6 Å². The van der Waals surface area contributed by atoms with Gasteiger partial charge >= 0.3 is 0 Å². The Morgan fingerprint density at radius 1 is 1.29 bits per heavy atom. The fourth-order valence-electron chi connectivity index (χ4n) is 1.53. The van der Waals surface area contributed by atoms with Crippen molar-refractivity contribution in [1.82, 2.24) is 9.97 Å². The minimum Gasteiger partial charge on any atom is -0.436 e. The van der Waals surface area contributed by atoms with E-state index in [1.54, 1.807) is 0 Å². The average molecular weight is 311 g/mol. The molecule has 21 heavy (non-hydrogen) atoms. The lowest BCUT2D eigenvalue weighted by Gasteiger charge is -2.08. The molecule has 0 unspecified atom stereocenters. The Balaban J connectivity index is 2.23. The van der Waals surface area contributed by atoms with Gasteiger partial charge in [-0.25, -0.2) is 13.4 Å². The highest BCUT2D eigenvalue weighted by atomic mass is 32.2. The van der Waals surface area contributed by atoms with Crippen molar-refractivity contribution in [2.45, 2.75) is 11.8 Å². The van der Waals surface area contributed by atoms with Crippen LogP contribution in [0.1, 0.15) is 6.92 Å². The molecule has 0 spiro atoms. The molecule has 0 aliphatic heterocycles. The summed E-state index contributed by atoms with van der Waals surface area (Å²) in [5.41, 5.74) is 0. The Kier molecular flexibility index (Phi) is 4.37. The summed E-state index contributed by atoms with van der Waals surface area (Å²) >= 11 is 0. The predicted octanol–water partition coefficient (Wildman–Crippen LogP) is 2.24. The Hall–Kier alpha value is -2.22. The van der Waals surface area contributed by atoms with E-state index in [9.17, 15) is 12.8 Å². The molecule has 1 heterocycles. The van der Waals surface area contributed by atoms with E-state index in [0.717, 1.165) is 12.5 Å². The second-order valence-corrected chi connectivity index (χ2v) is 6.24. The number of halogens is 1. The summed E-state index contributed by atoms with van der Waals surface area (Å²) in [4.78, 5) is 7.81. The molecular weight excluding hydrogens is 297 g/mol. The minimum atomic E-state index is -3.28.